The number of aryl methyl sites for hydroxylation is 3. The number of aromatic hydroxyl groups is 1. The number of ether oxygens (including phenoxy) is 2. The smallest absolute Gasteiger partial charge is 0.184 e. The molecule has 22 nitrogen and oxygen atoms in total. The van der Waals surface area contributed by atoms with Crippen LogP contribution in [0.4, 0.5) is 85.3 Å². The lowest BCUT2D eigenvalue weighted by Crippen LogP contribution is -2.36. The van der Waals surface area contributed by atoms with Crippen LogP contribution in [0.15, 0.2) is 345 Å². The number of phenolic OH excluding ortho intramolecular Hbond substituents is 1. The second kappa shape index (κ2) is 52.3. The number of rotatable bonds is 26. The number of nitrogens with zero attached hydrogens (tertiary/aromatic N) is 8. The van der Waals surface area contributed by atoms with E-state index in [9.17, 15) is 24.3 Å². The van der Waals surface area contributed by atoms with Crippen LogP contribution in [0.2, 0.25) is 0 Å². The van der Waals surface area contributed by atoms with Crippen molar-refractivity contribution < 1.29 is 33.8 Å². The van der Waals surface area contributed by atoms with Gasteiger partial charge in [0, 0.05) is 180 Å². The van der Waals surface area contributed by atoms with E-state index in [0.717, 1.165) is 184 Å². The number of benzene rings is 11. The summed E-state index contributed by atoms with van der Waals surface area (Å²) in [6.07, 6.45) is 19.0. The number of nitrogens with one attached hydrogen (secondary N) is 3. The van der Waals surface area contributed by atoms with Gasteiger partial charge in [-0.05, 0) is 322 Å². The lowest BCUT2D eigenvalue weighted by atomic mass is 9.91. The molecule has 11 aromatic carbocycles. The number of anilines is 11. The molecule has 22 heteroatoms. The molecule has 0 aromatic heterocycles. The lowest BCUT2D eigenvalue weighted by Gasteiger charge is -2.29. The average Bonchev–Trinajstić information content (AvgIpc) is 0.802. The third-order valence-corrected chi connectivity index (χ3v) is 25.9. The number of hydrogen-bond acceptors (Lipinski definition) is 22. The zero-order chi connectivity index (χ0) is 104. The zero-order valence-electron chi connectivity index (χ0n) is 87.1. The first kappa shape index (κ1) is 108. The van der Waals surface area contributed by atoms with Crippen LogP contribution < -0.4 is 58.5 Å². The third-order valence-electron chi connectivity index (χ3n) is 25.9. The van der Waals surface area contributed by atoms with E-state index in [1.54, 1.807) is 30.4 Å². The molecule has 0 unspecified atom stereocenters. The van der Waals surface area contributed by atoms with E-state index in [4.69, 9.17) is 52.4 Å². The number of carbonyl (C=O) groups excluding carboxylic acids is 4. The van der Waals surface area contributed by atoms with Crippen LogP contribution in [0.1, 0.15) is 136 Å². The molecular weight excluding hydrogens is 1800 g/mol. The Bertz CT molecular complexity index is 6760. The third kappa shape index (κ3) is 29.9. The van der Waals surface area contributed by atoms with Crippen molar-refractivity contribution in [2.75, 3.05) is 118 Å². The summed E-state index contributed by atoms with van der Waals surface area (Å²) in [4.78, 5) is 79.4. The van der Waals surface area contributed by atoms with Crippen LogP contribution in [0, 0.1) is 48.5 Å². The molecule has 0 saturated carbocycles. The molecule has 2 saturated heterocycles. The SMILES string of the molecule is CC.CC.CCN(c1ccc(CC2=CC(=Nc3ccc(N(CC)C(C)C)cc3)C(Nc3ccc(C)cc3)=CC2=O)cc1)C(C)C.Cc1ccc(NC2=CC(=O)C(Cc3ccc(N)c(C)c3C)=CC2=Nc2ccc(N)c(C)c2C)cc1.Cc1ccccc1Nc1cc(O)c(Cc2ccc(N)cc2)cc1N=C1C=CC(=O)C=C1.NC1=CC(=O)C(Cc2ccc(N3CCOCC3)cc2)=CC1=Nc1ccc(N2CCOCC2)cc1. The number of carbonyl (C=O) groups is 4. The number of morpholine rings is 2. The van der Waals surface area contributed by atoms with Crippen LogP contribution in [-0.2, 0) is 54.3 Å². The van der Waals surface area contributed by atoms with E-state index < -0.39 is 0 Å². The van der Waals surface area contributed by atoms with Gasteiger partial charge >= 0.3 is 0 Å². The molecule has 2 aliphatic heterocycles. The Hall–Kier alpha value is -15.8. The quantitative estimate of drug-likeness (QED) is 0.0184. The van der Waals surface area contributed by atoms with Crippen molar-refractivity contribution in [3.8, 4) is 5.75 Å². The van der Waals surface area contributed by atoms with E-state index in [-0.39, 0.29) is 28.9 Å². The molecule has 2 fully saturated rings. The molecule has 145 heavy (non-hydrogen) atoms. The number of ketones is 4. The number of aliphatic imine (C=N–C) groups is 4. The van der Waals surface area contributed by atoms with Crippen LogP contribution in [0.3, 0.4) is 0 Å². The summed E-state index contributed by atoms with van der Waals surface area (Å²) in [5.41, 5.74) is 56.9. The normalized spacial score (nSPS) is 15.2. The molecule has 12 N–H and O–H groups in total. The van der Waals surface area contributed by atoms with Crippen molar-refractivity contribution in [1.29, 1.82) is 0 Å². The maximum Gasteiger partial charge on any atom is 0.184 e. The highest BCUT2D eigenvalue weighted by Crippen LogP contribution is 2.39. The number of nitrogens with two attached hydrogens (primary N) is 4. The summed E-state index contributed by atoms with van der Waals surface area (Å²) in [6, 6.07) is 77.2. The first-order valence-electron chi connectivity index (χ1n) is 50.3. The summed E-state index contributed by atoms with van der Waals surface area (Å²) >= 11 is 0. The molecular formula is C123H141N15O7. The van der Waals surface area contributed by atoms with Gasteiger partial charge < -0.3 is 73.1 Å². The van der Waals surface area contributed by atoms with Gasteiger partial charge in [-0.3, -0.25) is 19.2 Å². The summed E-state index contributed by atoms with van der Waals surface area (Å²) in [5, 5.41) is 20.9. The molecule has 17 rings (SSSR count). The van der Waals surface area contributed by atoms with E-state index in [1.165, 1.54) is 46.4 Å². The van der Waals surface area contributed by atoms with Crippen LogP contribution in [-0.4, -0.2) is 129 Å². The predicted octanol–water partition coefficient (Wildman–Crippen LogP) is 25.0. The minimum Gasteiger partial charge on any atom is -0.508 e. The molecule has 0 radical (unpaired) electrons. The standard InChI is InChI=1S/C36H44N4O.C30H32N4O.C27H30N4O3.C26H23N3O2.2C2H6/c1-8-39(25(3)4)32-18-12-28(13-19-32)22-29-23-34(35(24-36(29)41)38-30-14-10-27(7)11-15-30)37-31-16-20-33(21-17-31)40(9-2)26(5)6;1-17-6-9-24(10-7-17)33-29-16-30(35)23(14-22-8-11-25(31)19(3)18(22)2)15-28(29)34-27-13-12-26(32)20(4)21(27)5;28-25-19-27(32)21(17-20-1-5-23(6-2-20)30-9-13-33-14-10-30)18-26(25)29-22-3-7-24(8-4-22)31-11-15-34-16-12-31;1-17-4-2-3-5-23(17)29-25-16-26(31)19(14-18-6-8-20(27)9-7-18)15-24(25)28-21-10-12-22(30)13-11-21;2*1-2/h10-21,23-26,38H,8-9,22H2,1-7H3;6-13,15-16,33H,14,31-32H2,1-5H3;1-8,18-19H,9-17,28H2;2-13,15-16,29,31H,14,27H2,1H3;2*1-2H3. The van der Waals surface area contributed by atoms with Gasteiger partial charge in [-0.2, -0.15) is 0 Å². The first-order chi connectivity index (χ1) is 69.9. The van der Waals surface area contributed by atoms with Gasteiger partial charge in [0.2, 0.25) is 0 Å². The fourth-order valence-electron chi connectivity index (χ4n) is 17.2. The second-order valence-electron chi connectivity index (χ2n) is 36.6. The Morgan fingerprint density at radius 2 is 0.821 bits per heavy atom. The Labute approximate surface area is 857 Å². The molecule has 750 valence electrons. The summed E-state index contributed by atoms with van der Waals surface area (Å²) in [7, 11) is 0. The van der Waals surface area contributed by atoms with Gasteiger partial charge in [0.25, 0.3) is 0 Å². The minimum atomic E-state index is -0.0630. The van der Waals surface area contributed by atoms with Gasteiger partial charge in [0.1, 0.15) is 5.75 Å². The van der Waals surface area contributed by atoms with E-state index >= 15 is 0 Å². The molecule has 0 atom stereocenters. The fraction of sp³-hybridized carbons (Fsp3) is 0.268. The Morgan fingerprint density at radius 3 is 1.32 bits per heavy atom. The largest absolute Gasteiger partial charge is 0.508 e. The Balaban J connectivity index is 0.000000171. The molecule has 11 aromatic rings. The second-order valence-corrected chi connectivity index (χ2v) is 36.6. The van der Waals surface area contributed by atoms with Gasteiger partial charge in [0.05, 0.1) is 94.8 Å². The minimum absolute atomic E-state index is 0.00544. The summed E-state index contributed by atoms with van der Waals surface area (Å²) in [6.45, 7) is 43.9. The first-order valence-corrected chi connectivity index (χ1v) is 50.3. The van der Waals surface area contributed by atoms with Gasteiger partial charge in [-0.25, -0.2) is 20.0 Å². The number of phenols is 1. The molecule has 4 aliphatic carbocycles. The van der Waals surface area contributed by atoms with Crippen molar-refractivity contribution in [3.63, 3.8) is 0 Å². The maximum atomic E-state index is 13.3. The fourth-order valence-corrected chi connectivity index (χ4v) is 17.2. The lowest BCUT2D eigenvalue weighted by molar-refractivity contribution is -0.112. The molecule has 0 bridgehead atoms. The highest BCUT2D eigenvalue weighted by Gasteiger charge is 2.26. The van der Waals surface area contributed by atoms with Crippen molar-refractivity contribution in [3.05, 3.63) is 392 Å². The monoisotopic (exact) mass is 1940 g/mol. The zero-order valence-corrected chi connectivity index (χ0v) is 87.1. The molecule has 2 heterocycles. The van der Waals surface area contributed by atoms with Crippen LogP contribution in [0.25, 0.3) is 0 Å². The van der Waals surface area contributed by atoms with Crippen molar-refractivity contribution >= 4 is 131 Å². The van der Waals surface area contributed by atoms with E-state index in [1.807, 2.05) is 227 Å². The van der Waals surface area contributed by atoms with Gasteiger partial charge in [0.15, 0.2) is 23.1 Å². The molecule has 0 spiro atoms. The Kier molecular flexibility index (Phi) is 39.0. The van der Waals surface area contributed by atoms with Crippen molar-refractivity contribution in [2.24, 2.45) is 25.7 Å². The Morgan fingerprint density at radius 1 is 0.393 bits per heavy atom. The number of nitrogen functional groups attached to an aromatic ring is 3. The topological polar surface area (TPSA) is 310 Å². The van der Waals surface area contributed by atoms with Crippen molar-refractivity contribution in [2.45, 2.75) is 155 Å². The number of hydrogen-bond donors (Lipinski definition) is 8. The average molecular weight is 1940 g/mol. The van der Waals surface area contributed by atoms with Crippen LogP contribution in [0.5, 0.6) is 5.75 Å². The summed E-state index contributed by atoms with van der Waals surface area (Å²) in [5.74, 6) is 0.0358. The molecule has 6 aliphatic rings. The van der Waals surface area contributed by atoms with Gasteiger partial charge in [-0.15, -0.1) is 0 Å². The highest BCUT2D eigenvalue weighted by molar-refractivity contribution is 6.25. The van der Waals surface area contributed by atoms with E-state index in [2.05, 4.69) is 169 Å². The number of para-hydroxylation sites is 1. The number of allylic oxidation sites excluding steroid dienone is 13. The highest BCUT2D eigenvalue weighted by atomic mass is 16.5. The van der Waals surface area contributed by atoms with Crippen LogP contribution >= 0.6 is 0 Å². The predicted molar refractivity (Wildman–Crippen MR) is 608 cm³/mol. The van der Waals surface area contributed by atoms with Crippen molar-refractivity contribution in [1.82, 2.24) is 0 Å². The van der Waals surface area contributed by atoms with E-state index in [0.29, 0.717) is 100 Å². The molecule has 0 amide bonds. The summed E-state index contributed by atoms with van der Waals surface area (Å²) < 4.78 is 10.9. The maximum absolute atomic E-state index is 13.3. The van der Waals surface area contributed by atoms with Gasteiger partial charge in [-0.1, -0.05) is 124 Å².